The van der Waals surface area contributed by atoms with Crippen LogP contribution in [0.5, 0.6) is 0 Å². The summed E-state index contributed by atoms with van der Waals surface area (Å²) in [7, 11) is 2.92. The summed E-state index contributed by atoms with van der Waals surface area (Å²) < 4.78 is 3.84. The number of nitrogens with one attached hydrogen (secondary N) is 1. The standard InChI is InChI=1S/C20H30N6O5.ClH/c1-20(31)8-13(27)9-25(17(28)12-4-6-21-7-5-12)10-14(20)26-11-22-16-15(26)18(29)24(3)19(30)23(16)2;/h11-14,21,27,31H,4-10H2,1-3H3;1H/t13-,14+,20+;/m0./s1. The summed E-state index contributed by atoms with van der Waals surface area (Å²) in [6, 6.07) is -0.717. The molecule has 2 saturated heterocycles. The highest BCUT2D eigenvalue weighted by Crippen LogP contribution is 2.34. The van der Waals surface area contributed by atoms with Crippen molar-refractivity contribution in [3.8, 4) is 0 Å². The molecular weight excluding hydrogens is 440 g/mol. The van der Waals surface area contributed by atoms with Gasteiger partial charge in [-0.2, -0.15) is 0 Å². The van der Waals surface area contributed by atoms with Crippen LogP contribution >= 0.6 is 12.4 Å². The Balaban J connectivity index is 0.00000289. The Morgan fingerprint density at radius 1 is 1.19 bits per heavy atom. The predicted molar refractivity (Wildman–Crippen MR) is 120 cm³/mol. The van der Waals surface area contributed by atoms with Gasteiger partial charge in [-0.25, -0.2) is 9.78 Å². The molecule has 2 fully saturated rings. The molecule has 0 saturated carbocycles. The van der Waals surface area contributed by atoms with E-state index in [0.717, 1.165) is 30.5 Å². The van der Waals surface area contributed by atoms with Crippen LogP contribution in [0, 0.1) is 5.92 Å². The number of rotatable bonds is 2. The number of hydrogen-bond acceptors (Lipinski definition) is 7. The van der Waals surface area contributed by atoms with Crippen LogP contribution < -0.4 is 16.6 Å². The lowest BCUT2D eigenvalue weighted by atomic mass is 9.91. The molecule has 178 valence electrons. The second-order valence-corrected chi connectivity index (χ2v) is 9.03. The average molecular weight is 471 g/mol. The number of aliphatic hydroxyl groups is 2. The van der Waals surface area contributed by atoms with Crippen molar-refractivity contribution in [2.75, 3.05) is 26.2 Å². The fourth-order valence-corrected chi connectivity index (χ4v) is 4.91. The van der Waals surface area contributed by atoms with Crippen molar-refractivity contribution in [3.05, 3.63) is 27.2 Å². The molecule has 2 aliphatic rings. The number of imidazole rings is 1. The van der Waals surface area contributed by atoms with Gasteiger partial charge in [-0.05, 0) is 32.9 Å². The largest absolute Gasteiger partial charge is 0.391 e. The second kappa shape index (κ2) is 8.97. The number of β-amino-alcohol motifs (C(OH)–C–C–N with tert-alkyl or cyclic N) is 1. The van der Waals surface area contributed by atoms with Crippen LogP contribution in [0.4, 0.5) is 0 Å². The Bertz CT molecular complexity index is 1120. The molecule has 32 heavy (non-hydrogen) atoms. The molecule has 11 nitrogen and oxygen atoms in total. The third-order valence-electron chi connectivity index (χ3n) is 6.70. The number of fused-ring (bicyclic) bond motifs is 1. The van der Waals surface area contributed by atoms with Gasteiger partial charge in [-0.3, -0.25) is 18.7 Å². The van der Waals surface area contributed by atoms with Crippen molar-refractivity contribution >= 4 is 29.5 Å². The number of piperidine rings is 1. The summed E-state index contributed by atoms with van der Waals surface area (Å²) in [5, 5.41) is 25.1. The lowest BCUT2D eigenvalue weighted by Crippen LogP contribution is -2.46. The molecule has 2 aliphatic heterocycles. The molecule has 4 heterocycles. The molecule has 3 N–H and O–H groups in total. The highest BCUT2D eigenvalue weighted by Gasteiger charge is 2.43. The zero-order chi connectivity index (χ0) is 22.5. The molecule has 3 atom stereocenters. The molecule has 0 aromatic carbocycles. The van der Waals surface area contributed by atoms with E-state index in [2.05, 4.69) is 10.3 Å². The lowest BCUT2D eigenvalue weighted by Gasteiger charge is -2.35. The molecule has 0 unspecified atom stereocenters. The fourth-order valence-electron chi connectivity index (χ4n) is 4.91. The number of carbonyl (C=O) groups excluding carboxylic acids is 1. The summed E-state index contributed by atoms with van der Waals surface area (Å²) in [6.45, 7) is 3.38. The third kappa shape index (κ3) is 4.09. The van der Waals surface area contributed by atoms with E-state index in [1.807, 2.05) is 0 Å². The van der Waals surface area contributed by atoms with Gasteiger partial charge in [0.25, 0.3) is 5.56 Å². The molecular formula is C20H31ClN6O5. The summed E-state index contributed by atoms with van der Waals surface area (Å²) in [6.07, 6.45) is 2.02. The van der Waals surface area contributed by atoms with Crippen LogP contribution in [-0.4, -0.2) is 77.6 Å². The van der Waals surface area contributed by atoms with E-state index in [9.17, 15) is 24.6 Å². The number of halogens is 1. The summed E-state index contributed by atoms with van der Waals surface area (Å²) >= 11 is 0. The van der Waals surface area contributed by atoms with Crippen LogP contribution in [0.2, 0.25) is 0 Å². The first-order valence-electron chi connectivity index (χ1n) is 10.6. The zero-order valence-electron chi connectivity index (χ0n) is 18.5. The monoisotopic (exact) mass is 470 g/mol. The molecule has 0 aliphatic carbocycles. The van der Waals surface area contributed by atoms with E-state index in [1.165, 1.54) is 25.0 Å². The van der Waals surface area contributed by atoms with Gasteiger partial charge in [0.2, 0.25) is 5.91 Å². The Kier molecular flexibility index (Phi) is 6.85. The Hall–Kier alpha value is -2.21. The number of aliphatic hydroxyl groups excluding tert-OH is 1. The number of likely N-dealkylation sites (tertiary alicyclic amines) is 1. The summed E-state index contributed by atoms with van der Waals surface area (Å²) in [5.74, 6) is -0.182. The quantitative estimate of drug-likeness (QED) is 0.498. The first-order valence-corrected chi connectivity index (χ1v) is 10.6. The van der Waals surface area contributed by atoms with Gasteiger partial charge in [-0.15, -0.1) is 12.4 Å². The average Bonchev–Trinajstić information content (AvgIpc) is 3.12. The van der Waals surface area contributed by atoms with Crippen molar-refractivity contribution < 1.29 is 15.0 Å². The van der Waals surface area contributed by atoms with Gasteiger partial charge >= 0.3 is 5.69 Å². The molecule has 0 bridgehead atoms. The van der Waals surface area contributed by atoms with E-state index in [-0.39, 0.29) is 54.9 Å². The van der Waals surface area contributed by atoms with Crippen molar-refractivity contribution in [1.29, 1.82) is 0 Å². The van der Waals surface area contributed by atoms with Crippen LogP contribution in [0.15, 0.2) is 15.9 Å². The van der Waals surface area contributed by atoms with Gasteiger partial charge in [0.05, 0.1) is 24.1 Å². The maximum absolute atomic E-state index is 13.2. The van der Waals surface area contributed by atoms with Crippen molar-refractivity contribution in [2.45, 2.75) is 43.9 Å². The van der Waals surface area contributed by atoms with Crippen LogP contribution in [-0.2, 0) is 18.9 Å². The van der Waals surface area contributed by atoms with Gasteiger partial charge in [-0.1, -0.05) is 0 Å². The topological polar surface area (TPSA) is 135 Å². The Morgan fingerprint density at radius 2 is 1.84 bits per heavy atom. The van der Waals surface area contributed by atoms with Gasteiger partial charge < -0.3 is 25.0 Å². The van der Waals surface area contributed by atoms with E-state index in [0.29, 0.717) is 0 Å². The molecule has 12 heteroatoms. The van der Waals surface area contributed by atoms with Gasteiger partial charge in [0.1, 0.15) is 0 Å². The molecule has 1 amide bonds. The van der Waals surface area contributed by atoms with Crippen molar-refractivity contribution in [1.82, 2.24) is 28.9 Å². The highest BCUT2D eigenvalue weighted by atomic mass is 35.5. The van der Waals surface area contributed by atoms with Crippen LogP contribution in [0.3, 0.4) is 0 Å². The second-order valence-electron chi connectivity index (χ2n) is 9.03. The van der Waals surface area contributed by atoms with E-state index in [4.69, 9.17) is 0 Å². The SMILES string of the molecule is Cl.Cn1c(=O)c2c(ncn2[C@@H]2CN(C(=O)C3CCNCC3)C[C@@H](O)C[C@@]2(C)O)n(C)c1=O. The smallest absolute Gasteiger partial charge is 0.332 e. The van der Waals surface area contributed by atoms with E-state index >= 15 is 0 Å². The first kappa shape index (κ1) is 24.4. The number of carbonyl (C=O) groups is 1. The molecule has 4 rings (SSSR count). The first-order chi connectivity index (χ1) is 14.6. The van der Waals surface area contributed by atoms with Gasteiger partial charge in [0.15, 0.2) is 11.2 Å². The summed E-state index contributed by atoms with van der Waals surface area (Å²) in [4.78, 5) is 44.3. The maximum atomic E-state index is 13.2. The third-order valence-corrected chi connectivity index (χ3v) is 6.70. The minimum absolute atomic E-state index is 0. The number of aromatic nitrogens is 4. The summed E-state index contributed by atoms with van der Waals surface area (Å²) in [5.41, 5.74) is -2.03. The highest BCUT2D eigenvalue weighted by molar-refractivity contribution is 5.85. The lowest BCUT2D eigenvalue weighted by molar-refractivity contribution is -0.138. The predicted octanol–water partition coefficient (Wildman–Crippen LogP) is -1.26. The minimum Gasteiger partial charge on any atom is -0.391 e. The van der Waals surface area contributed by atoms with E-state index in [1.54, 1.807) is 16.4 Å². The van der Waals surface area contributed by atoms with Crippen molar-refractivity contribution in [2.24, 2.45) is 20.0 Å². The van der Waals surface area contributed by atoms with Gasteiger partial charge in [0, 0.05) is 39.5 Å². The molecule has 2 aromatic heterocycles. The molecule has 0 spiro atoms. The zero-order valence-corrected chi connectivity index (χ0v) is 19.3. The minimum atomic E-state index is -1.41. The van der Waals surface area contributed by atoms with Crippen LogP contribution in [0.1, 0.15) is 32.2 Å². The normalized spacial score (nSPS) is 27.2. The number of hydrogen-bond donors (Lipinski definition) is 3. The Morgan fingerprint density at radius 3 is 2.50 bits per heavy atom. The molecule has 2 aromatic rings. The maximum Gasteiger partial charge on any atom is 0.332 e. The fraction of sp³-hybridized carbons (Fsp3) is 0.700. The van der Waals surface area contributed by atoms with Crippen molar-refractivity contribution in [3.63, 3.8) is 0 Å². The van der Waals surface area contributed by atoms with E-state index < -0.39 is 29.0 Å². The molecule has 0 radical (unpaired) electrons. The Labute approximate surface area is 191 Å². The number of amides is 1. The number of aryl methyl sites for hydroxylation is 1. The number of nitrogens with zero attached hydrogens (tertiary/aromatic N) is 5. The van der Waals surface area contributed by atoms with Crippen LogP contribution in [0.25, 0.3) is 11.2 Å².